The average molecular weight is 448 g/mol. The van der Waals surface area contributed by atoms with Gasteiger partial charge in [-0.25, -0.2) is 15.0 Å². The van der Waals surface area contributed by atoms with Crippen LogP contribution in [0.5, 0.6) is 5.75 Å². The lowest BCUT2D eigenvalue weighted by Gasteiger charge is -2.40. The number of nitrogens with zero attached hydrogens (tertiary/aromatic N) is 5. The first kappa shape index (κ1) is 21.4. The van der Waals surface area contributed by atoms with Gasteiger partial charge in [-0.15, -0.1) is 0 Å². The molecular weight excluding hydrogens is 418 g/mol. The average Bonchev–Trinajstić information content (AvgIpc) is 3.31. The predicted octanol–water partition coefficient (Wildman–Crippen LogP) is 3.10. The molecule has 1 saturated heterocycles. The van der Waals surface area contributed by atoms with Gasteiger partial charge in [-0.2, -0.15) is 0 Å². The lowest BCUT2D eigenvalue weighted by Crippen LogP contribution is -2.51. The van der Waals surface area contributed by atoms with Crippen molar-refractivity contribution in [2.24, 2.45) is 0 Å². The molecule has 3 aromatic rings. The minimum absolute atomic E-state index is 0.0931. The summed E-state index contributed by atoms with van der Waals surface area (Å²) in [5, 5.41) is 8.78. The van der Waals surface area contributed by atoms with Crippen LogP contribution >= 0.6 is 0 Å². The molecule has 0 bridgehead atoms. The molecule has 0 spiro atoms. The Hall–Kier alpha value is -3.46. The van der Waals surface area contributed by atoms with Crippen LogP contribution in [0.1, 0.15) is 43.6 Å². The van der Waals surface area contributed by atoms with E-state index in [1.54, 1.807) is 12.3 Å². The van der Waals surface area contributed by atoms with Crippen molar-refractivity contribution in [1.29, 1.82) is 5.41 Å². The normalized spacial score (nSPS) is 19.9. The van der Waals surface area contributed by atoms with E-state index in [1.165, 1.54) is 12.7 Å². The fourth-order valence-electron chi connectivity index (χ4n) is 4.13. The fourth-order valence-corrected chi connectivity index (χ4v) is 4.13. The first-order valence-electron chi connectivity index (χ1n) is 11.3. The maximum absolute atomic E-state index is 8.78. The summed E-state index contributed by atoms with van der Waals surface area (Å²) < 4.78 is 11.2. The molecule has 1 aliphatic carbocycles. The van der Waals surface area contributed by atoms with Crippen LogP contribution in [-0.4, -0.2) is 56.8 Å². The molecule has 3 N–H and O–H groups in total. The van der Waals surface area contributed by atoms with Crippen LogP contribution in [0.3, 0.4) is 0 Å². The van der Waals surface area contributed by atoms with Crippen molar-refractivity contribution >= 4 is 17.2 Å². The minimum atomic E-state index is -0.0931. The maximum atomic E-state index is 8.78. The molecule has 2 aliphatic rings. The standard InChI is InChI=1S/C24H29N7O2/c1-16-11-31(8-7-30(16)12-17-13-32-15-29-17)22-10-21(27-14-28-22)23(26)19-9-18(3-4-20(19)25)33-24(2)5-6-24/h3-4,9-10,13-16,26H,5-8,11-12,25H2,1-2H3/t16-/m1/s1. The third-order valence-electron chi connectivity index (χ3n) is 6.46. The van der Waals surface area contributed by atoms with E-state index in [-0.39, 0.29) is 11.3 Å². The third kappa shape index (κ3) is 4.68. The topological polar surface area (TPSA) is 117 Å². The lowest BCUT2D eigenvalue weighted by atomic mass is 10.0. The van der Waals surface area contributed by atoms with E-state index in [9.17, 15) is 0 Å². The first-order chi connectivity index (χ1) is 15.9. The number of nitrogens with two attached hydrogens (primary N) is 1. The number of oxazole rings is 1. The number of anilines is 2. The third-order valence-corrected chi connectivity index (χ3v) is 6.46. The second-order valence-electron chi connectivity index (χ2n) is 9.18. The van der Waals surface area contributed by atoms with Crippen LogP contribution in [0.2, 0.25) is 0 Å². The van der Waals surface area contributed by atoms with Gasteiger partial charge in [0.05, 0.1) is 17.1 Å². The van der Waals surface area contributed by atoms with Crippen molar-refractivity contribution in [2.45, 2.75) is 44.9 Å². The SMILES string of the molecule is C[C@@H]1CN(c2cc(C(=N)c3cc(OC4(C)CC4)ccc3N)ncn2)CCN1Cc1cocn1. The molecule has 33 heavy (non-hydrogen) atoms. The summed E-state index contributed by atoms with van der Waals surface area (Å²) in [5.41, 5.74) is 9.01. The number of rotatable bonds is 7. The van der Waals surface area contributed by atoms with Crippen LogP contribution in [0.4, 0.5) is 11.5 Å². The Balaban J connectivity index is 1.30. The number of hydrogen-bond donors (Lipinski definition) is 2. The molecule has 1 saturated carbocycles. The van der Waals surface area contributed by atoms with E-state index in [4.69, 9.17) is 20.3 Å². The highest BCUT2D eigenvalue weighted by atomic mass is 16.5. The fraction of sp³-hybridized carbons (Fsp3) is 0.417. The molecule has 9 nitrogen and oxygen atoms in total. The zero-order valence-electron chi connectivity index (χ0n) is 19.0. The molecule has 172 valence electrons. The molecule has 0 amide bonds. The Morgan fingerprint density at radius 3 is 2.82 bits per heavy atom. The molecule has 3 heterocycles. The molecule has 0 radical (unpaired) electrons. The van der Waals surface area contributed by atoms with E-state index in [0.29, 0.717) is 23.0 Å². The Bertz CT molecular complexity index is 1140. The van der Waals surface area contributed by atoms with Crippen molar-refractivity contribution in [1.82, 2.24) is 19.9 Å². The van der Waals surface area contributed by atoms with Gasteiger partial charge in [-0.3, -0.25) is 10.3 Å². The van der Waals surface area contributed by atoms with Gasteiger partial charge in [0.15, 0.2) is 6.39 Å². The molecule has 1 aromatic carbocycles. The number of hydrogen-bond acceptors (Lipinski definition) is 9. The van der Waals surface area contributed by atoms with Gasteiger partial charge in [-0.1, -0.05) is 0 Å². The number of nitrogens with one attached hydrogen (secondary N) is 1. The summed E-state index contributed by atoms with van der Waals surface area (Å²) in [7, 11) is 0. The lowest BCUT2D eigenvalue weighted by molar-refractivity contribution is 0.178. The summed E-state index contributed by atoms with van der Waals surface area (Å²) in [4.78, 5) is 17.7. The largest absolute Gasteiger partial charge is 0.488 e. The summed E-state index contributed by atoms with van der Waals surface area (Å²) >= 11 is 0. The number of aromatic nitrogens is 3. The second kappa shape index (κ2) is 8.47. The molecule has 2 aromatic heterocycles. The summed E-state index contributed by atoms with van der Waals surface area (Å²) in [6.07, 6.45) is 6.77. The molecule has 9 heteroatoms. The molecule has 2 fully saturated rings. The minimum Gasteiger partial charge on any atom is -0.488 e. The van der Waals surface area contributed by atoms with Crippen molar-refractivity contribution in [2.75, 3.05) is 30.3 Å². The Morgan fingerprint density at radius 1 is 1.24 bits per heavy atom. The monoisotopic (exact) mass is 447 g/mol. The highest BCUT2D eigenvalue weighted by Gasteiger charge is 2.40. The second-order valence-corrected chi connectivity index (χ2v) is 9.18. The molecule has 5 rings (SSSR count). The van der Waals surface area contributed by atoms with E-state index in [0.717, 1.165) is 56.3 Å². The van der Waals surface area contributed by atoms with Crippen LogP contribution in [-0.2, 0) is 6.54 Å². The summed E-state index contributed by atoms with van der Waals surface area (Å²) in [5.74, 6) is 1.55. The van der Waals surface area contributed by atoms with Crippen molar-refractivity contribution in [3.8, 4) is 5.75 Å². The molecule has 0 unspecified atom stereocenters. The molecule has 1 atom stereocenters. The highest BCUT2D eigenvalue weighted by Crippen LogP contribution is 2.40. The highest BCUT2D eigenvalue weighted by molar-refractivity contribution is 6.13. The number of piperazine rings is 1. The van der Waals surface area contributed by atoms with Gasteiger partial charge >= 0.3 is 0 Å². The molecular formula is C24H29N7O2. The van der Waals surface area contributed by atoms with Crippen LogP contribution in [0, 0.1) is 5.41 Å². The van der Waals surface area contributed by atoms with Gasteiger partial charge in [0.1, 0.15) is 29.8 Å². The Morgan fingerprint density at radius 2 is 2.09 bits per heavy atom. The van der Waals surface area contributed by atoms with Gasteiger partial charge < -0.3 is 19.8 Å². The van der Waals surface area contributed by atoms with E-state index in [2.05, 4.69) is 38.6 Å². The smallest absolute Gasteiger partial charge is 0.180 e. The van der Waals surface area contributed by atoms with E-state index >= 15 is 0 Å². The van der Waals surface area contributed by atoms with Crippen LogP contribution in [0.15, 0.2) is 47.7 Å². The van der Waals surface area contributed by atoms with Gasteiger partial charge in [-0.05, 0) is 44.9 Å². The molecule has 1 aliphatic heterocycles. The van der Waals surface area contributed by atoms with Crippen LogP contribution in [0.25, 0.3) is 0 Å². The van der Waals surface area contributed by atoms with Gasteiger partial charge in [0.25, 0.3) is 0 Å². The van der Waals surface area contributed by atoms with E-state index < -0.39 is 0 Å². The number of ether oxygens (including phenoxy) is 1. The quantitative estimate of drug-likeness (QED) is 0.419. The first-order valence-corrected chi connectivity index (χ1v) is 11.3. The van der Waals surface area contributed by atoms with Gasteiger partial charge in [0, 0.05) is 49.5 Å². The zero-order chi connectivity index (χ0) is 23.0. The summed E-state index contributed by atoms with van der Waals surface area (Å²) in [6, 6.07) is 7.69. The van der Waals surface area contributed by atoms with Gasteiger partial charge in [0.2, 0.25) is 0 Å². The van der Waals surface area contributed by atoms with Crippen molar-refractivity contribution in [3.63, 3.8) is 0 Å². The predicted molar refractivity (Wildman–Crippen MR) is 126 cm³/mol. The maximum Gasteiger partial charge on any atom is 0.180 e. The summed E-state index contributed by atoms with van der Waals surface area (Å²) in [6.45, 7) is 7.60. The Kier molecular flexibility index (Phi) is 5.49. The van der Waals surface area contributed by atoms with Crippen molar-refractivity contribution in [3.05, 3.63) is 60.2 Å². The van der Waals surface area contributed by atoms with E-state index in [1.807, 2.05) is 18.2 Å². The van der Waals surface area contributed by atoms with Crippen LogP contribution < -0.4 is 15.4 Å². The van der Waals surface area contributed by atoms with Crippen molar-refractivity contribution < 1.29 is 9.15 Å². The zero-order valence-corrected chi connectivity index (χ0v) is 19.0. The number of benzene rings is 1. The number of nitrogen functional groups attached to an aromatic ring is 1. The Labute approximate surface area is 193 Å².